The summed E-state index contributed by atoms with van der Waals surface area (Å²) in [7, 11) is 0. The number of hydrogen-bond acceptors (Lipinski definition) is 3. The van der Waals surface area contributed by atoms with Gasteiger partial charge in [0.15, 0.2) is 5.89 Å². The van der Waals surface area contributed by atoms with Crippen LogP contribution in [0.3, 0.4) is 0 Å². The van der Waals surface area contributed by atoms with Gasteiger partial charge < -0.3 is 9.52 Å². The lowest BCUT2D eigenvalue weighted by Crippen LogP contribution is -1.84. The summed E-state index contributed by atoms with van der Waals surface area (Å²) < 4.78 is 15.5. The van der Waals surface area contributed by atoms with E-state index in [0.29, 0.717) is 24.3 Å². The Morgan fingerprint density at radius 1 is 1.56 bits per heavy atom. The molecule has 0 atom stereocenters. The number of aliphatic hydroxyl groups is 1. The molecule has 0 saturated heterocycles. The van der Waals surface area contributed by atoms with Crippen molar-refractivity contribution in [1.82, 2.24) is 4.98 Å². The van der Waals surface area contributed by atoms with Crippen molar-refractivity contribution in [2.75, 3.05) is 0 Å². The van der Waals surface area contributed by atoms with Crippen LogP contribution in [0.1, 0.15) is 32.4 Å². The largest absolute Gasteiger partial charge is 0.448 e. The number of aliphatic hydroxyl groups excluding tert-OH is 1. The van der Waals surface area contributed by atoms with Crippen molar-refractivity contribution in [3.63, 3.8) is 0 Å². The highest BCUT2D eigenvalue weighted by molar-refractivity contribution is 4.97. The van der Waals surface area contributed by atoms with Crippen molar-refractivity contribution in [2.24, 2.45) is 0 Å². The lowest BCUT2D eigenvalue weighted by atomic mass is 10.4. The van der Waals surface area contributed by atoms with Crippen LogP contribution in [0.25, 0.3) is 0 Å². The zero-order chi connectivity index (χ0) is 12.8. The van der Waals surface area contributed by atoms with Crippen LogP contribution in [-0.2, 0) is 13.0 Å². The Bertz CT molecular complexity index is 278. The Morgan fingerprint density at radius 3 is 2.44 bits per heavy atom. The van der Waals surface area contributed by atoms with Gasteiger partial charge in [-0.1, -0.05) is 26.0 Å². The van der Waals surface area contributed by atoms with E-state index in [9.17, 15) is 4.39 Å². The average Bonchev–Trinajstić information content (AvgIpc) is 2.80. The van der Waals surface area contributed by atoms with Crippen LogP contribution in [0.2, 0.25) is 0 Å². The maximum Gasteiger partial charge on any atom is 0.198 e. The third-order valence-corrected chi connectivity index (χ3v) is 1.21. The number of aromatic nitrogens is 1. The third-order valence-electron chi connectivity index (χ3n) is 1.21. The Kier molecular flexibility index (Phi) is 14.4. The summed E-state index contributed by atoms with van der Waals surface area (Å²) in [5, 5.41) is 8.57. The molecule has 1 N–H and O–H groups in total. The number of allylic oxidation sites excluding steroid dienone is 2. The topological polar surface area (TPSA) is 46.3 Å². The van der Waals surface area contributed by atoms with E-state index in [2.05, 4.69) is 11.6 Å². The summed E-state index contributed by atoms with van der Waals surface area (Å²) in [5.74, 6) is 0.596. The molecule has 4 heteroatoms. The maximum atomic E-state index is 10.5. The van der Waals surface area contributed by atoms with Crippen LogP contribution in [0.4, 0.5) is 4.39 Å². The lowest BCUT2D eigenvalue weighted by Gasteiger charge is -1.82. The monoisotopic (exact) mass is 229 g/mol. The van der Waals surface area contributed by atoms with Crippen LogP contribution >= 0.6 is 0 Å². The summed E-state index contributed by atoms with van der Waals surface area (Å²) in [6.07, 6.45) is 5.59. The Morgan fingerprint density at radius 2 is 2.12 bits per heavy atom. The molecule has 0 amide bonds. The molecule has 0 unspecified atom stereocenters. The van der Waals surface area contributed by atoms with Gasteiger partial charge in [-0.25, -0.2) is 9.37 Å². The average molecular weight is 229 g/mol. The molecule has 0 bridgehead atoms. The molecular formula is C12H20FNO2. The van der Waals surface area contributed by atoms with Crippen LogP contribution < -0.4 is 0 Å². The first kappa shape index (κ1) is 17.0. The van der Waals surface area contributed by atoms with E-state index in [1.165, 1.54) is 12.3 Å². The third kappa shape index (κ3) is 9.15. The van der Waals surface area contributed by atoms with E-state index >= 15 is 0 Å². The first-order valence-electron chi connectivity index (χ1n) is 5.14. The molecule has 0 aliphatic heterocycles. The van der Waals surface area contributed by atoms with Crippen LogP contribution in [0.5, 0.6) is 0 Å². The van der Waals surface area contributed by atoms with E-state index < -0.39 is 0 Å². The van der Waals surface area contributed by atoms with Crippen LogP contribution in [0, 0.1) is 0 Å². The molecule has 1 rings (SSSR count). The minimum atomic E-state index is -0.0688. The molecule has 16 heavy (non-hydrogen) atoms. The second-order valence-electron chi connectivity index (χ2n) is 2.34. The standard InChI is InChI=1S/C7H9NO2.C3H5F.C2H6/c1-2-3-7-8-6(4-9)5-10-7;1-2-3-4;1-2/h2,5,9H,1,3-4H2;2-3H,1H3;1-2H3/b;3-2+;. The van der Waals surface area contributed by atoms with Gasteiger partial charge in [0.2, 0.25) is 0 Å². The highest BCUT2D eigenvalue weighted by Gasteiger charge is 1.98. The fraction of sp³-hybridized carbons (Fsp3) is 0.417. The maximum absolute atomic E-state index is 10.5. The predicted molar refractivity (Wildman–Crippen MR) is 63.6 cm³/mol. The molecule has 3 nitrogen and oxygen atoms in total. The molecule has 0 fully saturated rings. The summed E-state index contributed by atoms with van der Waals surface area (Å²) in [4.78, 5) is 3.93. The van der Waals surface area contributed by atoms with Crippen LogP contribution in [0.15, 0.2) is 35.7 Å². The molecule has 1 heterocycles. The highest BCUT2D eigenvalue weighted by Crippen LogP contribution is 2.01. The van der Waals surface area contributed by atoms with Gasteiger partial charge in [0.25, 0.3) is 0 Å². The molecular weight excluding hydrogens is 209 g/mol. The Balaban J connectivity index is 0. The number of rotatable bonds is 3. The minimum absolute atomic E-state index is 0.0688. The van der Waals surface area contributed by atoms with Gasteiger partial charge >= 0.3 is 0 Å². The fourth-order valence-corrected chi connectivity index (χ4v) is 0.639. The van der Waals surface area contributed by atoms with Gasteiger partial charge in [0.1, 0.15) is 12.0 Å². The van der Waals surface area contributed by atoms with Gasteiger partial charge in [-0.2, -0.15) is 0 Å². The molecule has 1 aromatic heterocycles. The first-order valence-corrected chi connectivity index (χ1v) is 5.14. The normalized spacial score (nSPS) is 8.81. The highest BCUT2D eigenvalue weighted by atomic mass is 19.1. The Labute approximate surface area is 96.3 Å². The zero-order valence-corrected chi connectivity index (χ0v) is 10.1. The molecule has 0 radical (unpaired) electrons. The second kappa shape index (κ2) is 13.6. The van der Waals surface area contributed by atoms with Gasteiger partial charge in [0.05, 0.1) is 12.9 Å². The second-order valence-corrected chi connectivity index (χ2v) is 2.34. The van der Waals surface area contributed by atoms with Crippen molar-refractivity contribution in [1.29, 1.82) is 0 Å². The Hall–Kier alpha value is -1.42. The molecule has 1 aromatic rings. The van der Waals surface area contributed by atoms with Crippen molar-refractivity contribution >= 4 is 0 Å². The van der Waals surface area contributed by atoms with Gasteiger partial charge in [-0.05, 0) is 6.92 Å². The summed E-state index contributed by atoms with van der Waals surface area (Å²) in [6, 6.07) is 0. The SMILES string of the molecule is C/C=C/F.C=CCc1nc(CO)co1.CC. The number of hydrogen-bond donors (Lipinski definition) is 1. The van der Waals surface area contributed by atoms with Crippen molar-refractivity contribution in [3.05, 3.63) is 42.9 Å². The summed E-state index contributed by atoms with van der Waals surface area (Å²) in [5.41, 5.74) is 0.567. The number of oxazole rings is 1. The lowest BCUT2D eigenvalue weighted by molar-refractivity contribution is 0.276. The molecule has 0 aliphatic rings. The van der Waals surface area contributed by atoms with Crippen molar-refractivity contribution in [2.45, 2.75) is 33.8 Å². The van der Waals surface area contributed by atoms with Crippen molar-refractivity contribution < 1.29 is 13.9 Å². The minimum Gasteiger partial charge on any atom is -0.448 e. The molecule has 0 aromatic carbocycles. The van der Waals surface area contributed by atoms with E-state index in [1.54, 1.807) is 13.0 Å². The van der Waals surface area contributed by atoms with E-state index in [0.717, 1.165) is 0 Å². The quantitative estimate of drug-likeness (QED) is 0.808. The van der Waals surface area contributed by atoms with E-state index in [-0.39, 0.29) is 6.61 Å². The fourth-order valence-electron chi connectivity index (χ4n) is 0.639. The smallest absolute Gasteiger partial charge is 0.198 e. The summed E-state index contributed by atoms with van der Waals surface area (Å²) >= 11 is 0. The van der Waals surface area contributed by atoms with E-state index in [1.807, 2.05) is 13.8 Å². The number of halogens is 1. The van der Waals surface area contributed by atoms with Gasteiger partial charge in [0, 0.05) is 6.42 Å². The van der Waals surface area contributed by atoms with Gasteiger partial charge in [-0.3, -0.25) is 0 Å². The van der Waals surface area contributed by atoms with Crippen LogP contribution in [-0.4, -0.2) is 10.1 Å². The van der Waals surface area contributed by atoms with Crippen molar-refractivity contribution in [3.8, 4) is 0 Å². The molecule has 92 valence electrons. The first-order chi connectivity index (χ1) is 7.78. The van der Waals surface area contributed by atoms with Gasteiger partial charge in [-0.15, -0.1) is 6.58 Å². The molecule has 0 spiro atoms. The predicted octanol–water partition coefficient (Wildman–Crippen LogP) is 3.41. The molecule has 0 aliphatic carbocycles. The number of nitrogens with zero attached hydrogens (tertiary/aromatic N) is 1. The van der Waals surface area contributed by atoms with E-state index in [4.69, 9.17) is 9.52 Å². The zero-order valence-electron chi connectivity index (χ0n) is 10.1. The molecule has 0 saturated carbocycles. The summed E-state index contributed by atoms with van der Waals surface area (Å²) in [6.45, 7) is 9.08.